The summed E-state index contributed by atoms with van der Waals surface area (Å²) in [6.07, 6.45) is 5.11. The third-order valence-electron chi connectivity index (χ3n) is 1.84. The summed E-state index contributed by atoms with van der Waals surface area (Å²) in [5.74, 6) is 0. The molecular weight excluding hydrogens is 152 g/mol. The summed E-state index contributed by atoms with van der Waals surface area (Å²) >= 11 is 1.97. The van der Waals surface area contributed by atoms with Gasteiger partial charge in [0.25, 0.3) is 0 Å². The van der Waals surface area contributed by atoms with Crippen molar-refractivity contribution < 1.29 is 0 Å². The molecule has 1 heterocycles. The highest BCUT2D eigenvalue weighted by Crippen LogP contribution is 2.18. The van der Waals surface area contributed by atoms with E-state index in [2.05, 4.69) is 26.0 Å². The van der Waals surface area contributed by atoms with Crippen LogP contribution < -0.4 is 0 Å². The van der Waals surface area contributed by atoms with E-state index >= 15 is 0 Å². The second-order valence-corrected chi connectivity index (χ2v) is 4.08. The molecule has 0 unspecified atom stereocenters. The summed E-state index contributed by atoms with van der Waals surface area (Å²) in [5.41, 5.74) is 0. The second kappa shape index (κ2) is 4.55. The Morgan fingerprint density at radius 3 is 2.45 bits per heavy atom. The van der Waals surface area contributed by atoms with Gasteiger partial charge in [0.15, 0.2) is 0 Å². The normalized spacial score (nSPS) is 10.4. The van der Waals surface area contributed by atoms with E-state index in [0.29, 0.717) is 0 Å². The quantitative estimate of drug-likeness (QED) is 0.643. The summed E-state index contributed by atoms with van der Waals surface area (Å²) in [5, 5.41) is 0. The number of rotatable bonds is 4. The number of hydrogen-bond acceptors (Lipinski definition) is 1. The van der Waals surface area contributed by atoms with Crippen LogP contribution in [0.3, 0.4) is 0 Å². The van der Waals surface area contributed by atoms with Crippen molar-refractivity contribution in [1.29, 1.82) is 0 Å². The van der Waals surface area contributed by atoms with Crippen LogP contribution in [-0.2, 0) is 12.8 Å². The first-order valence-electron chi connectivity index (χ1n) is 4.44. The first-order valence-corrected chi connectivity index (χ1v) is 5.26. The lowest BCUT2D eigenvalue weighted by Crippen LogP contribution is -1.76. The minimum atomic E-state index is 1.19. The van der Waals surface area contributed by atoms with Crippen LogP contribution in [0.5, 0.6) is 0 Å². The van der Waals surface area contributed by atoms with Crippen molar-refractivity contribution in [2.24, 2.45) is 0 Å². The van der Waals surface area contributed by atoms with Crippen LogP contribution in [-0.4, -0.2) is 0 Å². The molecule has 1 aromatic heterocycles. The molecule has 0 N–H and O–H groups in total. The maximum atomic E-state index is 2.28. The van der Waals surface area contributed by atoms with Gasteiger partial charge in [-0.25, -0.2) is 0 Å². The molecule has 0 atom stereocenters. The Labute approximate surface area is 73.3 Å². The van der Waals surface area contributed by atoms with Crippen LogP contribution in [0, 0.1) is 0 Å². The molecule has 0 saturated carbocycles. The molecule has 0 aliphatic rings. The average molecular weight is 168 g/mol. The zero-order valence-corrected chi connectivity index (χ0v) is 8.21. The van der Waals surface area contributed by atoms with E-state index in [-0.39, 0.29) is 0 Å². The predicted molar refractivity (Wildman–Crippen MR) is 52.3 cm³/mol. The Balaban J connectivity index is 2.44. The molecule has 0 aliphatic heterocycles. The van der Waals surface area contributed by atoms with Crippen molar-refractivity contribution in [2.45, 2.75) is 39.5 Å². The number of thiophene rings is 1. The first-order chi connectivity index (χ1) is 5.36. The summed E-state index contributed by atoms with van der Waals surface area (Å²) in [7, 11) is 0. The summed E-state index contributed by atoms with van der Waals surface area (Å²) in [6, 6.07) is 4.54. The third kappa shape index (κ3) is 2.66. The molecule has 0 nitrogen and oxygen atoms in total. The van der Waals surface area contributed by atoms with E-state index < -0.39 is 0 Å². The maximum Gasteiger partial charge on any atom is 0.00481 e. The van der Waals surface area contributed by atoms with Crippen molar-refractivity contribution in [3.8, 4) is 0 Å². The highest BCUT2D eigenvalue weighted by molar-refractivity contribution is 7.11. The van der Waals surface area contributed by atoms with Gasteiger partial charge in [0.1, 0.15) is 0 Å². The topological polar surface area (TPSA) is 0 Å². The van der Waals surface area contributed by atoms with Crippen molar-refractivity contribution in [3.05, 3.63) is 21.9 Å². The molecule has 1 rings (SSSR count). The molecule has 0 bridgehead atoms. The van der Waals surface area contributed by atoms with E-state index in [0.717, 1.165) is 0 Å². The zero-order valence-electron chi connectivity index (χ0n) is 7.39. The Kier molecular flexibility index (Phi) is 3.64. The molecule has 0 aliphatic carbocycles. The lowest BCUT2D eigenvalue weighted by molar-refractivity contribution is 0.804. The Bertz CT molecular complexity index is 200. The Hall–Kier alpha value is -0.300. The van der Waals surface area contributed by atoms with Crippen molar-refractivity contribution >= 4 is 11.3 Å². The van der Waals surface area contributed by atoms with Gasteiger partial charge in [-0.1, -0.05) is 20.3 Å². The van der Waals surface area contributed by atoms with Crippen LogP contribution in [0.15, 0.2) is 12.1 Å². The van der Waals surface area contributed by atoms with Gasteiger partial charge in [-0.3, -0.25) is 0 Å². The fourth-order valence-electron chi connectivity index (χ4n) is 1.10. The first kappa shape index (κ1) is 8.79. The molecule has 0 aromatic carbocycles. The summed E-state index contributed by atoms with van der Waals surface area (Å²) < 4.78 is 0. The fraction of sp³-hybridized carbons (Fsp3) is 0.600. The van der Waals surface area contributed by atoms with Crippen LogP contribution in [0.1, 0.15) is 36.4 Å². The SMILES string of the molecule is CCCCc1ccc(CC)s1. The molecule has 11 heavy (non-hydrogen) atoms. The van der Waals surface area contributed by atoms with Gasteiger partial charge in [-0.05, 0) is 31.4 Å². The van der Waals surface area contributed by atoms with Crippen molar-refractivity contribution in [1.82, 2.24) is 0 Å². The van der Waals surface area contributed by atoms with Gasteiger partial charge >= 0.3 is 0 Å². The minimum Gasteiger partial charge on any atom is -0.145 e. The van der Waals surface area contributed by atoms with Gasteiger partial charge in [0.05, 0.1) is 0 Å². The van der Waals surface area contributed by atoms with E-state index in [4.69, 9.17) is 0 Å². The number of hydrogen-bond donors (Lipinski definition) is 0. The van der Waals surface area contributed by atoms with Crippen LogP contribution in [0.2, 0.25) is 0 Å². The smallest absolute Gasteiger partial charge is 0.00481 e. The highest BCUT2D eigenvalue weighted by Gasteiger charge is 1.96. The number of unbranched alkanes of at least 4 members (excludes halogenated alkanes) is 1. The van der Waals surface area contributed by atoms with E-state index in [1.165, 1.54) is 30.6 Å². The van der Waals surface area contributed by atoms with Crippen molar-refractivity contribution in [3.63, 3.8) is 0 Å². The molecule has 1 aromatic rings. The Morgan fingerprint density at radius 2 is 1.91 bits per heavy atom. The molecular formula is C10H16S. The van der Waals surface area contributed by atoms with E-state index in [1.807, 2.05) is 11.3 Å². The fourth-order valence-corrected chi connectivity index (χ4v) is 2.10. The molecule has 0 spiro atoms. The lowest BCUT2D eigenvalue weighted by atomic mass is 10.2. The van der Waals surface area contributed by atoms with Gasteiger partial charge in [-0.15, -0.1) is 11.3 Å². The second-order valence-electron chi connectivity index (χ2n) is 2.83. The van der Waals surface area contributed by atoms with Crippen LogP contribution in [0.4, 0.5) is 0 Å². The monoisotopic (exact) mass is 168 g/mol. The Morgan fingerprint density at radius 1 is 1.18 bits per heavy atom. The molecule has 0 radical (unpaired) electrons. The van der Waals surface area contributed by atoms with Crippen molar-refractivity contribution in [2.75, 3.05) is 0 Å². The standard InChI is InChI=1S/C10H16S/c1-3-5-6-10-8-7-9(4-2)11-10/h7-8H,3-6H2,1-2H3. The van der Waals surface area contributed by atoms with Gasteiger partial charge < -0.3 is 0 Å². The third-order valence-corrected chi connectivity index (χ3v) is 3.13. The molecule has 0 saturated heterocycles. The van der Waals surface area contributed by atoms with E-state index in [9.17, 15) is 0 Å². The zero-order chi connectivity index (χ0) is 8.10. The minimum absolute atomic E-state index is 1.19. The summed E-state index contributed by atoms with van der Waals surface area (Å²) in [6.45, 7) is 4.46. The molecule has 0 amide bonds. The predicted octanol–water partition coefficient (Wildman–Crippen LogP) is 3.65. The average Bonchev–Trinajstić information content (AvgIpc) is 2.48. The molecule has 0 fully saturated rings. The summed E-state index contributed by atoms with van der Waals surface area (Å²) in [4.78, 5) is 3.08. The maximum absolute atomic E-state index is 2.28. The largest absolute Gasteiger partial charge is 0.145 e. The van der Waals surface area contributed by atoms with E-state index in [1.54, 1.807) is 4.88 Å². The van der Waals surface area contributed by atoms with Gasteiger partial charge in [-0.2, -0.15) is 0 Å². The van der Waals surface area contributed by atoms with Crippen LogP contribution in [0.25, 0.3) is 0 Å². The lowest BCUT2D eigenvalue weighted by Gasteiger charge is -1.91. The van der Waals surface area contributed by atoms with Gasteiger partial charge in [0, 0.05) is 9.75 Å². The number of aryl methyl sites for hydroxylation is 2. The van der Waals surface area contributed by atoms with Gasteiger partial charge in [0.2, 0.25) is 0 Å². The van der Waals surface area contributed by atoms with Crippen LogP contribution >= 0.6 is 11.3 Å². The molecule has 1 heteroatoms. The highest BCUT2D eigenvalue weighted by atomic mass is 32.1. The molecule has 62 valence electrons.